The zero-order valence-corrected chi connectivity index (χ0v) is 9.80. The van der Waals surface area contributed by atoms with Gasteiger partial charge in [-0.05, 0) is 25.5 Å². The summed E-state index contributed by atoms with van der Waals surface area (Å²) in [4.78, 5) is 14.2. The van der Waals surface area contributed by atoms with E-state index >= 15 is 0 Å². The van der Waals surface area contributed by atoms with Crippen LogP contribution in [-0.2, 0) is 10.2 Å². The summed E-state index contributed by atoms with van der Waals surface area (Å²) in [5.74, 6) is -0.853. The van der Waals surface area contributed by atoms with Crippen LogP contribution in [0.4, 0.5) is 0 Å². The normalized spacial score (nSPS) is 11.9. The quantitative estimate of drug-likeness (QED) is 0.843. The van der Waals surface area contributed by atoms with Gasteiger partial charge in [0.2, 0.25) is 0 Å². The highest BCUT2D eigenvalue weighted by molar-refractivity contribution is 6.35. The molecule has 0 spiro atoms. The fourth-order valence-electron chi connectivity index (χ4n) is 1.75. The predicted octanol–water partition coefficient (Wildman–Crippen LogP) is 3.18. The first-order valence-corrected chi connectivity index (χ1v) is 5.32. The molecule has 0 fully saturated rings. The number of carbonyl (C=O) groups is 1. The maximum atomic E-state index is 11.2. The second kappa shape index (κ2) is 3.52. The van der Waals surface area contributed by atoms with Crippen LogP contribution in [0.1, 0.15) is 19.4 Å². The molecule has 0 saturated heterocycles. The van der Waals surface area contributed by atoms with Crippen LogP contribution in [0.15, 0.2) is 24.4 Å². The van der Waals surface area contributed by atoms with Crippen LogP contribution in [0.2, 0.25) is 5.02 Å². The summed E-state index contributed by atoms with van der Waals surface area (Å²) in [5, 5.41) is 10.7. The minimum Gasteiger partial charge on any atom is -0.481 e. The van der Waals surface area contributed by atoms with E-state index in [1.807, 2.05) is 12.1 Å². The average Bonchev–Trinajstić information content (AvgIpc) is 2.63. The Hall–Kier alpha value is -1.48. The number of hydrogen-bond acceptors (Lipinski definition) is 1. The lowest BCUT2D eigenvalue weighted by atomic mass is 9.85. The van der Waals surface area contributed by atoms with Gasteiger partial charge in [-0.15, -0.1) is 0 Å². The highest BCUT2D eigenvalue weighted by Gasteiger charge is 2.32. The van der Waals surface area contributed by atoms with Gasteiger partial charge in [0.05, 0.1) is 16.0 Å². The molecule has 2 rings (SSSR count). The summed E-state index contributed by atoms with van der Waals surface area (Å²) >= 11 is 6.02. The van der Waals surface area contributed by atoms with E-state index in [0.717, 1.165) is 16.5 Å². The second-order valence-corrected chi connectivity index (χ2v) is 4.70. The number of fused-ring (bicyclic) bond motifs is 1. The monoisotopic (exact) mass is 237 g/mol. The maximum absolute atomic E-state index is 11.2. The van der Waals surface area contributed by atoms with Crippen LogP contribution in [0.25, 0.3) is 10.9 Å². The molecule has 1 heterocycles. The Morgan fingerprint density at radius 1 is 1.44 bits per heavy atom. The number of para-hydroxylation sites is 1. The molecule has 2 N–H and O–H groups in total. The van der Waals surface area contributed by atoms with Gasteiger partial charge >= 0.3 is 5.97 Å². The van der Waals surface area contributed by atoms with Crippen molar-refractivity contribution in [2.24, 2.45) is 0 Å². The number of carboxylic acid groups (broad SMARTS) is 1. The smallest absolute Gasteiger partial charge is 0.313 e. The Morgan fingerprint density at radius 3 is 2.75 bits per heavy atom. The Morgan fingerprint density at radius 2 is 2.12 bits per heavy atom. The molecule has 0 radical (unpaired) electrons. The topological polar surface area (TPSA) is 53.1 Å². The lowest BCUT2D eigenvalue weighted by molar-refractivity contribution is -0.142. The maximum Gasteiger partial charge on any atom is 0.313 e. The highest BCUT2D eigenvalue weighted by atomic mass is 35.5. The fourth-order valence-corrected chi connectivity index (χ4v) is 1.98. The van der Waals surface area contributed by atoms with E-state index in [-0.39, 0.29) is 0 Å². The molecule has 0 aliphatic rings. The zero-order valence-electron chi connectivity index (χ0n) is 9.04. The number of aromatic amines is 1. The van der Waals surface area contributed by atoms with E-state index in [1.165, 1.54) is 0 Å². The number of halogens is 1. The molecule has 0 amide bonds. The van der Waals surface area contributed by atoms with Crippen molar-refractivity contribution in [3.8, 4) is 0 Å². The van der Waals surface area contributed by atoms with Gasteiger partial charge in [0.1, 0.15) is 0 Å². The summed E-state index contributed by atoms with van der Waals surface area (Å²) in [6, 6.07) is 5.47. The molecule has 0 aliphatic heterocycles. The lowest BCUT2D eigenvalue weighted by Gasteiger charge is -2.18. The number of rotatable bonds is 2. The van der Waals surface area contributed by atoms with Crippen molar-refractivity contribution in [2.75, 3.05) is 0 Å². The molecule has 0 unspecified atom stereocenters. The number of benzene rings is 1. The van der Waals surface area contributed by atoms with Crippen molar-refractivity contribution in [3.05, 3.63) is 35.0 Å². The van der Waals surface area contributed by atoms with Crippen molar-refractivity contribution >= 4 is 28.5 Å². The zero-order chi connectivity index (χ0) is 11.9. The molecule has 0 bridgehead atoms. The van der Waals surface area contributed by atoms with Crippen molar-refractivity contribution in [1.29, 1.82) is 0 Å². The summed E-state index contributed by atoms with van der Waals surface area (Å²) in [5.41, 5.74) is 0.606. The molecule has 1 aromatic carbocycles. The third-order valence-corrected chi connectivity index (χ3v) is 3.19. The van der Waals surface area contributed by atoms with E-state index < -0.39 is 11.4 Å². The molecule has 16 heavy (non-hydrogen) atoms. The Balaban J connectivity index is 2.72. The first-order chi connectivity index (χ1) is 7.44. The molecule has 84 valence electrons. The molecule has 3 nitrogen and oxygen atoms in total. The van der Waals surface area contributed by atoms with Gasteiger partial charge < -0.3 is 10.1 Å². The Kier molecular flexibility index (Phi) is 2.43. The van der Waals surface area contributed by atoms with Gasteiger partial charge in [-0.3, -0.25) is 4.79 Å². The van der Waals surface area contributed by atoms with E-state index in [2.05, 4.69) is 4.98 Å². The van der Waals surface area contributed by atoms with Gasteiger partial charge in [-0.25, -0.2) is 0 Å². The fraction of sp³-hybridized carbons (Fsp3) is 0.250. The summed E-state index contributed by atoms with van der Waals surface area (Å²) in [7, 11) is 0. The predicted molar refractivity (Wildman–Crippen MR) is 64.0 cm³/mol. The summed E-state index contributed by atoms with van der Waals surface area (Å²) in [6.07, 6.45) is 1.71. The summed E-state index contributed by atoms with van der Waals surface area (Å²) in [6.45, 7) is 3.36. The standard InChI is InChI=1S/C12H12ClNO2/c1-12(2,11(15)16)8-6-14-10-7(8)4-3-5-9(10)13/h3-6,14H,1-2H3,(H,15,16). The van der Waals surface area contributed by atoms with E-state index in [4.69, 9.17) is 11.6 Å². The highest BCUT2D eigenvalue weighted by Crippen LogP contribution is 2.33. The third-order valence-electron chi connectivity index (χ3n) is 2.87. The number of hydrogen-bond donors (Lipinski definition) is 2. The van der Waals surface area contributed by atoms with Gasteiger partial charge in [0, 0.05) is 11.6 Å². The van der Waals surface area contributed by atoms with Gasteiger partial charge in [-0.2, -0.15) is 0 Å². The molecule has 0 atom stereocenters. The van der Waals surface area contributed by atoms with Gasteiger partial charge in [-0.1, -0.05) is 23.7 Å². The molecule has 4 heteroatoms. The Bertz CT molecular complexity index is 557. The lowest BCUT2D eigenvalue weighted by Crippen LogP contribution is -2.28. The molecule has 0 aliphatic carbocycles. The number of nitrogens with one attached hydrogen (secondary N) is 1. The van der Waals surface area contributed by atoms with E-state index in [1.54, 1.807) is 26.1 Å². The average molecular weight is 238 g/mol. The SMILES string of the molecule is CC(C)(C(=O)O)c1c[nH]c2c(Cl)cccc12. The van der Waals surface area contributed by atoms with Crippen molar-refractivity contribution in [2.45, 2.75) is 19.3 Å². The number of aliphatic carboxylic acids is 1. The first kappa shape index (κ1) is 11.0. The summed E-state index contributed by atoms with van der Waals surface area (Å²) < 4.78 is 0. The minimum atomic E-state index is -0.928. The largest absolute Gasteiger partial charge is 0.481 e. The van der Waals surface area contributed by atoms with Gasteiger partial charge in [0.15, 0.2) is 0 Å². The van der Waals surface area contributed by atoms with Crippen molar-refractivity contribution < 1.29 is 9.90 Å². The van der Waals surface area contributed by atoms with E-state index in [0.29, 0.717) is 5.02 Å². The van der Waals surface area contributed by atoms with Crippen molar-refractivity contribution in [3.63, 3.8) is 0 Å². The molecule has 2 aromatic rings. The number of H-pyrrole nitrogens is 1. The Labute approximate surface area is 98.0 Å². The molecular weight excluding hydrogens is 226 g/mol. The van der Waals surface area contributed by atoms with Crippen LogP contribution >= 0.6 is 11.6 Å². The first-order valence-electron chi connectivity index (χ1n) is 4.94. The van der Waals surface area contributed by atoms with Gasteiger partial charge in [0.25, 0.3) is 0 Å². The van der Waals surface area contributed by atoms with Crippen LogP contribution < -0.4 is 0 Å². The molecule has 1 aromatic heterocycles. The van der Waals surface area contributed by atoms with Crippen LogP contribution in [0.5, 0.6) is 0 Å². The molecular formula is C12H12ClNO2. The minimum absolute atomic E-state index is 0.602. The van der Waals surface area contributed by atoms with Crippen LogP contribution in [0.3, 0.4) is 0 Å². The molecule has 0 saturated carbocycles. The van der Waals surface area contributed by atoms with Crippen LogP contribution in [-0.4, -0.2) is 16.1 Å². The third kappa shape index (κ3) is 1.48. The van der Waals surface area contributed by atoms with Crippen LogP contribution in [0, 0.1) is 0 Å². The second-order valence-electron chi connectivity index (χ2n) is 4.29. The van der Waals surface area contributed by atoms with Crippen molar-refractivity contribution in [1.82, 2.24) is 4.98 Å². The number of carboxylic acids is 1. The van der Waals surface area contributed by atoms with E-state index in [9.17, 15) is 9.90 Å². The number of aromatic nitrogens is 1.